The molecule has 8 nitrogen and oxygen atoms in total. The Bertz CT molecular complexity index is 730. The zero-order valence-corrected chi connectivity index (χ0v) is 13.3. The number of anilines is 2. The van der Waals surface area contributed by atoms with E-state index in [0.717, 1.165) is 0 Å². The molecule has 0 aromatic heterocycles. The second-order valence-corrected chi connectivity index (χ2v) is 8.07. The quantitative estimate of drug-likeness (QED) is 0.795. The van der Waals surface area contributed by atoms with Crippen molar-refractivity contribution in [3.8, 4) is 5.75 Å². The molecule has 0 aliphatic carbocycles. The summed E-state index contributed by atoms with van der Waals surface area (Å²) in [5.41, 5.74) is 0.684. The van der Waals surface area contributed by atoms with Crippen molar-refractivity contribution in [2.45, 2.75) is 6.42 Å². The third kappa shape index (κ3) is 3.39. The number of hydrogen-bond donors (Lipinski definition) is 2. The number of sulfonamides is 1. The van der Waals surface area contributed by atoms with Crippen LogP contribution in [-0.4, -0.2) is 43.3 Å². The number of nitrogens with one attached hydrogen (secondary N) is 2. The summed E-state index contributed by atoms with van der Waals surface area (Å²) >= 11 is 0. The lowest BCUT2D eigenvalue weighted by Crippen LogP contribution is -2.27. The molecule has 2 rings (SSSR count). The van der Waals surface area contributed by atoms with Crippen LogP contribution in [0.15, 0.2) is 18.2 Å². The fourth-order valence-corrected chi connectivity index (χ4v) is 4.17. The Hall–Kier alpha value is -1.52. The van der Waals surface area contributed by atoms with Gasteiger partial charge in [-0.3, -0.25) is 9.03 Å². The minimum Gasteiger partial charge on any atom is -0.494 e. The third-order valence-corrected chi connectivity index (χ3v) is 5.97. The van der Waals surface area contributed by atoms with Gasteiger partial charge in [-0.05, 0) is 18.6 Å². The molecule has 1 fully saturated rings. The Balaban J connectivity index is 2.38. The van der Waals surface area contributed by atoms with E-state index in [1.165, 1.54) is 36.7 Å². The van der Waals surface area contributed by atoms with Crippen LogP contribution >= 0.6 is 0 Å². The zero-order valence-electron chi connectivity index (χ0n) is 11.7. The van der Waals surface area contributed by atoms with Crippen LogP contribution in [0.25, 0.3) is 0 Å². The first-order valence-corrected chi connectivity index (χ1v) is 9.28. The van der Waals surface area contributed by atoms with E-state index in [-0.39, 0.29) is 17.2 Å². The number of benzene rings is 1. The Morgan fingerprint density at radius 1 is 1.33 bits per heavy atom. The molecule has 10 heteroatoms. The molecule has 1 aliphatic heterocycles. The number of methoxy groups -OCH3 is 1. The largest absolute Gasteiger partial charge is 0.494 e. The topological polar surface area (TPSA) is 105 Å². The lowest BCUT2D eigenvalue weighted by molar-refractivity contribution is 0.416. The van der Waals surface area contributed by atoms with Crippen molar-refractivity contribution in [2.24, 2.45) is 0 Å². The van der Waals surface area contributed by atoms with Crippen LogP contribution in [0.2, 0.25) is 0 Å². The van der Waals surface area contributed by atoms with Gasteiger partial charge in [0.05, 0.1) is 24.2 Å². The molecule has 0 bridgehead atoms. The summed E-state index contributed by atoms with van der Waals surface area (Å²) in [6.45, 7) is 0.389. The lowest BCUT2D eigenvalue weighted by Gasteiger charge is -2.20. The Morgan fingerprint density at radius 2 is 2.05 bits per heavy atom. The summed E-state index contributed by atoms with van der Waals surface area (Å²) in [6.07, 6.45) is 0.555. The minimum absolute atomic E-state index is 0.101. The van der Waals surface area contributed by atoms with Crippen molar-refractivity contribution in [2.75, 3.05) is 35.5 Å². The van der Waals surface area contributed by atoms with Gasteiger partial charge in [0.2, 0.25) is 10.0 Å². The first-order chi connectivity index (χ1) is 9.79. The minimum atomic E-state index is -3.64. The second-order valence-electron chi connectivity index (χ2n) is 4.44. The van der Waals surface area contributed by atoms with Gasteiger partial charge in [0.1, 0.15) is 5.75 Å². The van der Waals surface area contributed by atoms with Crippen LogP contribution in [0.5, 0.6) is 5.75 Å². The summed E-state index contributed by atoms with van der Waals surface area (Å²) < 4.78 is 57.6. The van der Waals surface area contributed by atoms with Crippen molar-refractivity contribution in [3.05, 3.63) is 18.2 Å². The van der Waals surface area contributed by atoms with E-state index in [0.29, 0.717) is 18.7 Å². The maximum absolute atomic E-state index is 11.9. The Labute approximate surface area is 124 Å². The molecular weight excluding hydrogens is 318 g/mol. The zero-order chi connectivity index (χ0) is 15.7. The van der Waals surface area contributed by atoms with E-state index in [4.69, 9.17) is 4.74 Å². The molecule has 118 valence electrons. The molecule has 1 aromatic rings. The average molecular weight is 335 g/mol. The fourth-order valence-electron chi connectivity index (χ4n) is 2.06. The van der Waals surface area contributed by atoms with E-state index in [9.17, 15) is 16.8 Å². The van der Waals surface area contributed by atoms with Crippen LogP contribution in [-0.2, 0) is 20.2 Å². The van der Waals surface area contributed by atoms with Crippen molar-refractivity contribution in [1.29, 1.82) is 0 Å². The highest BCUT2D eigenvalue weighted by Gasteiger charge is 2.30. The monoisotopic (exact) mass is 335 g/mol. The number of rotatable bonds is 5. The molecule has 0 amide bonds. The SMILES string of the molecule is CNS(=O)(=O)Nc1ccc(N2CCCS2(=O)=O)c(OC)c1. The molecule has 0 radical (unpaired) electrons. The van der Waals surface area contributed by atoms with E-state index >= 15 is 0 Å². The second kappa shape index (κ2) is 5.70. The molecule has 21 heavy (non-hydrogen) atoms. The molecule has 0 saturated carbocycles. The number of nitrogens with zero attached hydrogens (tertiary/aromatic N) is 1. The molecule has 0 spiro atoms. The number of hydrogen-bond acceptors (Lipinski definition) is 5. The molecular formula is C11H17N3O5S2. The van der Waals surface area contributed by atoms with Crippen molar-refractivity contribution < 1.29 is 21.6 Å². The van der Waals surface area contributed by atoms with Crippen molar-refractivity contribution >= 4 is 31.6 Å². The van der Waals surface area contributed by atoms with Crippen LogP contribution < -0.4 is 18.5 Å². The first kappa shape index (κ1) is 15.9. The standard InChI is InChI=1S/C11H17N3O5S2/c1-12-21(17,18)13-9-4-5-10(11(8-9)19-2)14-6-3-7-20(14,15)16/h4-5,8,12-13H,3,6-7H2,1-2H3. The fraction of sp³-hybridized carbons (Fsp3) is 0.455. The molecule has 1 aromatic carbocycles. The Kier molecular flexibility index (Phi) is 4.30. The van der Waals surface area contributed by atoms with Gasteiger partial charge in [0, 0.05) is 19.7 Å². The van der Waals surface area contributed by atoms with E-state index in [1.807, 2.05) is 0 Å². The smallest absolute Gasteiger partial charge is 0.298 e. The molecule has 0 atom stereocenters. The van der Waals surface area contributed by atoms with E-state index in [1.54, 1.807) is 0 Å². The summed E-state index contributed by atoms with van der Waals surface area (Å²) in [5.74, 6) is 0.390. The third-order valence-electron chi connectivity index (χ3n) is 3.07. The lowest BCUT2D eigenvalue weighted by atomic mass is 10.2. The molecule has 1 saturated heterocycles. The van der Waals surface area contributed by atoms with Crippen LogP contribution in [0.1, 0.15) is 6.42 Å². The van der Waals surface area contributed by atoms with Gasteiger partial charge in [-0.1, -0.05) is 0 Å². The van der Waals surface area contributed by atoms with Gasteiger partial charge in [0.25, 0.3) is 10.2 Å². The average Bonchev–Trinajstić information content (AvgIpc) is 2.78. The van der Waals surface area contributed by atoms with Gasteiger partial charge in [0.15, 0.2) is 0 Å². The highest BCUT2D eigenvalue weighted by Crippen LogP contribution is 2.35. The predicted octanol–water partition coefficient (Wildman–Crippen LogP) is 0.111. The highest BCUT2D eigenvalue weighted by atomic mass is 32.2. The predicted molar refractivity (Wildman–Crippen MR) is 80.3 cm³/mol. The van der Waals surface area contributed by atoms with E-state index < -0.39 is 20.2 Å². The first-order valence-electron chi connectivity index (χ1n) is 6.19. The van der Waals surface area contributed by atoms with Gasteiger partial charge in [-0.2, -0.15) is 8.42 Å². The summed E-state index contributed by atoms with van der Waals surface area (Å²) in [6, 6.07) is 4.45. The Morgan fingerprint density at radius 3 is 2.57 bits per heavy atom. The van der Waals surface area contributed by atoms with Gasteiger partial charge in [-0.25, -0.2) is 13.1 Å². The molecule has 0 unspecified atom stereocenters. The van der Waals surface area contributed by atoms with Crippen molar-refractivity contribution in [3.63, 3.8) is 0 Å². The van der Waals surface area contributed by atoms with Crippen LogP contribution in [0, 0.1) is 0 Å². The summed E-state index contributed by atoms with van der Waals surface area (Å²) in [4.78, 5) is 0. The van der Waals surface area contributed by atoms with Crippen molar-refractivity contribution in [1.82, 2.24) is 4.72 Å². The van der Waals surface area contributed by atoms with Gasteiger partial charge >= 0.3 is 0 Å². The maximum atomic E-state index is 11.9. The van der Waals surface area contributed by atoms with E-state index in [2.05, 4.69) is 9.44 Å². The highest BCUT2D eigenvalue weighted by molar-refractivity contribution is 7.93. The van der Waals surface area contributed by atoms with Crippen LogP contribution in [0.4, 0.5) is 11.4 Å². The van der Waals surface area contributed by atoms with Gasteiger partial charge in [-0.15, -0.1) is 0 Å². The van der Waals surface area contributed by atoms with Gasteiger partial charge < -0.3 is 4.74 Å². The maximum Gasteiger partial charge on any atom is 0.298 e. The summed E-state index contributed by atoms with van der Waals surface area (Å²) in [7, 11) is -4.28. The molecule has 1 heterocycles. The normalized spacial score (nSPS) is 17.7. The van der Waals surface area contributed by atoms with Crippen LogP contribution in [0.3, 0.4) is 0 Å². The summed E-state index contributed by atoms with van der Waals surface area (Å²) in [5, 5.41) is 0. The molecule has 2 N–H and O–H groups in total. The number of ether oxygens (including phenoxy) is 1. The molecule has 1 aliphatic rings.